The minimum absolute atomic E-state index is 0. The molecule has 0 amide bonds. The molecule has 0 radical (unpaired) electrons. The monoisotopic (exact) mass is 429 g/mol. The van der Waals surface area contributed by atoms with Gasteiger partial charge in [0.2, 0.25) is 0 Å². The highest BCUT2D eigenvalue weighted by Gasteiger charge is 2.25. The Morgan fingerprint density at radius 3 is 2.23 bits per heavy atom. The lowest BCUT2D eigenvalue weighted by Gasteiger charge is -2.34. The van der Waals surface area contributed by atoms with Gasteiger partial charge in [-0.1, -0.05) is 69.3 Å². The van der Waals surface area contributed by atoms with Crippen molar-refractivity contribution in [1.82, 2.24) is 5.32 Å². The molecule has 0 atom stereocenters. The Hall–Kier alpha value is -2.10. The summed E-state index contributed by atoms with van der Waals surface area (Å²) >= 11 is 0. The van der Waals surface area contributed by atoms with Crippen molar-refractivity contribution < 1.29 is 9.13 Å². The van der Waals surface area contributed by atoms with Gasteiger partial charge < -0.3 is 10.1 Å². The molecular formula is C26H33ClFNO. The van der Waals surface area contributed by atoms with Gasteiger partial charge in [-0.05, 0) is 48.6 Å². The van der Waals surface area contributed by atoms with Crippen LogP contribution >= 0.6 is 12.4 Å². The normalized spacial score (nSPS) is 11.9. The molecule has 0 spiro atoms. The Labute approximate surface area is 186 Å². The van der Waals surface area contributed by atoms with Crippen molar-refractivity contribution >= 4 is 23.2 Å². The van der Waals surface area contributed by atoms with Crippen molar-refractivity contribution in [3.05, 3.63) is 77.6 Å². The van der Waals surface area contributed by atoms with E-state index in [0.29, 0.717) is 12.1 Å². The van der Waals surface area contributed by atoms with E-state index in [-0.39, 0.29) is 35.8 Å². The van der Waals surface area contributed by atoms with Crippen molar-refractivity contribution in [1.29, 1.82) is 0 Å². The van der Waals surface area contributed by atoms with Crippen LogP contribution < -0.4 is 10.1 Å². The van der Waals surface area contributed by atoms with Crippen LogP contribution in [0.4, 0.5) is 4.39 Å². The number of fused-ring (bicyclic) bond motifs is 1. The van der Waals surface area contributed by atoms with Crippen molar-refractivity contribution in [3.8, 4) is 5.75 Å². The summed E-state index contributed by atoms with van der Waals surface area (Å²) in [6.07, 6.45) is 1.05. The van der Waals surface area contributed by atoms with E-state index in [0.717, 1.165) is 23.1 Å². The molecule has 0 aliphatic heterocycles. The van der Waals surface area contributed by atoms with Gasteiger partial charge in [0.1, 0.15) is 18.2 Å². The molecule has 162 valence electrons. The van der Waals surface area contributed by atoms with Crippen molar-refractivity contribution in [2.45, 2.75) is 59.7 Å². The van der Waals surface area contributed by atoms with Gasteiger partial charge in [-0.25, -0.2) is 4.39 Å². The minimum atomic E-state index is -0.237. The third-order valence-corrected chi connectivity index (χ3v) is 5.05. The smallest absolute Gasteiger partial charge is 0.129 e. The van der Waals surface area contributed by atoms with Gasteiger partial charge in [-0.3, -0.25) is 0 Å². The SMILES string of the molecule is CC(C)(C)CC(C)(C)NCc1c(OCc2ccccc2F)ccc2ccccc12.Cl. The first-order chi connectivity index (χ1) is 13.6. The van der Waals surface area contributed by atoms with E-state index in [9.17, 15) is 4.39 Å². The van der Waals surface area contributed by atoms with Crippen molar-refractivity contribution in [2.24, 2.45) is 5.41 Å². The van der Waals surface area contributed by atoms with E-state index < -0.39 is 0 Å². The standard InChI is InChI=1S/C26H32FNO.ClH/c1-25(2,3)18-26(4,5)28-16-22-21-12-8-6-10-19(21)14-15-24(22)29-17-20-11-7-9-13-23(20)27;/h6-15,28H,16-18H2,1-5H3;1H. The highest BCUT2D eigenvalue weighted by Crippen LogP contribution is 2.31. The molecule has 0 saturated heterocycles. The number of rotatable bonds is 7. The number of ether oxygens (including phenoxy) is 1. The summed E-state index contributed by atoms with van der Waals surface area (Å²) in [6.45, 7) is 12.2. The van der Waals surface area contributed by atoms with Gasteiger partial charge in [-0.15, -0.1) is 12.4 Å². The van der Waals surface area contributed by atoms with Crippen LogP contribution in [0.25, 0.3) is 10.8 Å². The average molecular weight is 430 g/mol. The predicted octanol–water partition coefficient (Wildman–Crippen LogP) is 7.28. The van der Waals surface area contributed by atoms with Gasteiger partial charge in [-0.2, -0.15) is 0 Å². The van der Waals surface area contributed by atoms with Crippen LogP contribution in [0.5, 0.6) is 5.75 Å². The van der Waals surface area contributed by atoms with E-state index >= 15 is 0 Å². The Kier molecular flexibility index (Phi) is 7.90. The van der Waals surface area contributed by atoms with Crippen LogP contribution in [0.15, 0.2) is 60.7 Å². The number of hydrogen-bond acceptors (Lipinski definition) is 2. The lowest BCUT2D eigenvalue weighted by molar-refractivity contribution is 0.239. The Bertz CT molecular complexity index is 978. The minimum Gasteiger partial charge on any atom is -0.488 e. The highest BCUT2D eigenvalue weighted by molar-refractivity contribution is 5.87. The maximum Gasteiger partial charge on any atom is 0.129 e. The third-order valence-electron chi connectivity index (χ3n) is 5.05. The molecule has 0 saturated carbocycles. The molecule has 3 aromatic rings. The molecule has 3 rings (SSSR count). The molecule has 0 bridgehead atoms. The van der Waals surface area contributed by atoms with Crippen LogP contribution in [-0.2, 0) is 13.2 Å². The van der Waals surface area contributed by atoms with Crippen molar-refractivity contribution in [3.63, 3.8) is 0 Å². The number of halogens is 2. The first-order valence-electron chi connectivity index (χ1n) is 10.3. The number of nitrogens with one attached hydrogen (secondary N) is 1. The molecule has 3 aromatic carbocycles. The molecule has 0 aliphatic rings. The second-order valence-electron chi connectivity index (χ2n) is 9.62. The van der Waals surface area contributed by atoms with Gasteiger partial charge in [0.05, 0.1) is 0 Å². The van der Waals surface area contributed by atoms with Crippen molar-refractivity contribution in [2.75, 3.05) is 0 Å². The van der Waals surface area contributed by atoms with E-state index in [1.807, 2.05) is 24.3 Å². The molecule has 0 aliphatic carbocycles. The lowest BCUT2D eigenvalue weighted by atomic mass is 9.81. The zero-order valence-electron chi connectivity index (χ0n) is 18.6. The summed E-state index contributed by atoms with van der Waals surface area (Å²) in [7, 11) is 0. The maximum absolute atomic E-state index is 14.0. The van der Waals surface area contributed by atoms with E-state index in [2.05, 4.69) is 58.1 Å². The fraction of sp³-hybridized carbons (Fsp3) is 0.385. The third kappa shape index (κ3) is 6.45. The first-order valence-corrected chi connectivity index (χ1v) is 10.3. The summed E-state index contributed by atoms with van der Waals surface area (Å²) in [5, 5.41) is 6.06. The predicted molar refractivity (Wildman–Crippen MR) is 127 cm³/mol. The van der Waals surface area contributed by atoms with Gasteiger partial charge >= 0.3 is 0 Å². The van der Waals surface area contributed by atoms with Gasteiger partial charge in [0.25, 0.3) is 0 Å². The Balaban J connectivity index is 0.00000320. The molecule has 0 heterocycles. The van der Waals surface area contributed by atoms with Crippen LogP contribution in [0.3, 0.4) is 0 Å². The average Bonchev–Trinajstić information content (AvgIpc) is 2.64. The molecule has 0 unspecified atom stereocenters. The van der Waals surface area contributed by atoms with Gasteiger partial charge in [0, 0.05) is 23.2 Å². The fourth-order valence-corrected chi connectivity index (χ4v) is 4.12. The number of benzene rings is 3. The van der Waals surface area contributed by atoms with Crippen LogP contribution in [0.2, 0.25) is 0 Å². The molecule has 1 N–H and O–H groups in total. The van der Waals surface area contributed by atoms with Crippen LogP contribution in [0.1, 0.15) is 52.2 Å². The summed E-state index contributed by atoms with van der Waals surface area (Å²) < 4.78 is 20.1. The molecule has 4 heteroatoms. The second kappa shape index (κ2) is 9.80. The zero-order chi connectivity index (χ0) is 21.1. The summed E-state index contributed by atoms with van der Waals surface area (Å²) in [4.78, 5) is 0. The van der Waals surface area contributed by atoms with E-state index in [1.54, 1.807) is 12.1 Å². The highest BCUT2D eigenvalue weighted by atomic mass is 35.5. The molecule has 0 fully saturated rings. The lowest BCUT2D eigenvalue weighted by Crippen LogP contribution is -2.41. The summed E-state index contributed by atoms with van der Waals surface area (Å²) in [6, 6.07) is 19.2. The van der Waals surface area contributed by atoms with E-state index in [1.165, 1.54) is 11.5 Å². The van der Waals surface area contributed by atoms with Gasteiger partial charge in [0.15, 0.2) is 0 Å². The fourth-order valence-electron chi connectivity index (χ4n) is 4.12. The Morgan fingerprint density at radius 1 is 0.867 bits per heavy atom. The Morgan fingerprint density at radius 2 is 1.53 bits per heavy atom. The summed E-state index contributed by atoms with van der Waals surface area (Å²) in [5.41, 5.74) is 1.89. The topological polar surface area (TPSA) is 21.3 Å². The molecule has 0 aromatic heterocycles. The molecule has 30 heavy (non-hydrogen) atoms. The maximum atomic E-state index is 14.0. The largest absolute Gasteiger partial charge is 0.488 e. The second-order valence-corrected chi connectivity index (χ2v) is 9.62. The quantitative estimate of drug-likeness (QED) is 0.426. The van der Waals surface area contributed by atoms with E-state index in [4.69, 9.17) is 4.74 Å². The number of hydrogen-bond donors (Lipinski definition) is 1. The summed E-state index contributed by atoms with van der Waals surface area (Å²) in [5.74, 6) is 0.560. The molecular weight excluding hydrogens is 397 g/mol. The zero-order valence-corrected chi connectivity index (χ0v) is 19.4. The van der Waals surface area contributed by atoms with Crippen LogP contribution in [0, 0.1) is 11.2 Å². The first kappa shape index (κ1) is 24.2. The van der Waals surface area contributed by atoms with Crippen LogP contribution in [-0.4, -0.2) is 5.54 Å². The molecule has 2 nitrogen and oxygen atoms in total.